The molecule has 2 N–H and O–H groups in total. The molecule has 1 aliphatic rings. The summed E-state index contributed by atoms with van der Waals surface area (Å²) >= 11 is 4.85. The maximum atomic E-state index is 12.1. The first-order valence-corrected chi connectivity index (χ1v) is 7.37. The molecule has 1 fully saturated rings. The lowest BCUT2D eigenvalue weighted by molar-refractivity contribution is 0.0842. The van der Waals surface area contributed by atoms with Gasteiger partial charge < -0.3 is 10.4 Å². The number of hydrogen-bond acceptors (Lipinski definition) is 3. The summed E-state index contributed by atoms with van der Waals surface area (Å²) in [5.41, 5.74) is 0.686. The van der Waals surface area contributed by atoms with Crippen molar-refractivity contribution in [1.82, 2.24) is 5.32 Å². The molecule has 1 amide bonds. The van der Waals surface area contributed by atoms with E-state index in [2.05, 4.69) is 21.2 Å². The van der Waals surface area contributed by atoms with E-state index < -0.39 is 0 Å². The minimum atomic E-state index is -0.387. The van der Waals surface area contributed by atoms with E-state index in [0.717, 1.165) is 35.0 Å². The molecule has 0 bridgehead atoms. The van der Waals surface area contributed by atoms with Crippen LogP contribution in [0.2, 0.25) is 0 Å². The fourth-order valence-electron chi connectivity index (χ4n) is 2.25. The fraction of sp³-hybridized carbons (Fsp3) is 0.583. The molecule has 2 rings (SSSR count). The summed E-state index contributed by atoms with van der Waals surface area (Å²) in [7, 11) is 0. The Morgan fingerprint density at radius 2 is 2.24 bits per heavy atom. The second-order valence-electron chi connectivity index (χ2n) is 4.67. The molecule has 94 valence electrons. The second kappa shape index (κ2) is 5.08. The van der Waals surface area contributed by atoms with Crippen molar-refractivity contribution in [1.29, 1.82) is 0 Å². The van der Waals surface area contributed by atoms with Gasteiger partial charge in [0.1, 0.15) is 0 Å². The zero-order chi connectivity index (χ0) is 12.5. The van der Waals surface area contributed by atoms with Gasteiger partial charge >= 0.3 is 0 Å². The molecule has 3 nitrogen and oxygen atoms in total. The second-order valence-corrected chi connectivity index (χ2v) is 7.04. The Morgan fingerprint density at radius 3 is 2.71 bits per heavy atom. The Balaban J connectivity index is 2.10. The zero-order valence-corrected chi connectivity index (χ0v) is 12.2. The lowest BCUT2D eigenvalue weighted by Gasteiger charge is -2.27. The summed E-state index contributed by atoms with van der Waals surface area (Å²) in [6.07, 6.45) is 3.91. The molecule has 0 atom stereocenters. The number of nitrogens with one attached hydrogen (secondary N) is 1. The number of aryl methyl sites for hydroxylation is 1. The van der Waals surface area contributed by atoms with E-state index in [9.17, 15) is 9.90 Å². The number of hydrogen-bond donors (Lipinski definition) is 2. The van der Waals surface area contributed by atoms with Gasteiger partial charge in [0.05, 0.1) is 20.8 Å². The van der Waals surface area contributed by atoms with E-state index >= 15 is 0 Å². The van der Waals surface area contributed by atoms with Gasteiger partial charge in [0.15, 0.2) is 0 Å². The van der Waals surface area contributed by atoms with Gasteiger partial charge in [-0.25, -0.2) is 0 Å². The van der Waals surface area contributed by atoms with Crippen LogP contribution in [0, 0.1) is 6.92 Å². The number of thiophene rings is 1. The lowest BCUT2D eigenvalue weighted by atomic mass is 9.99. The lowest BCUT2D eigenvalue weighted by Crippen LogP contribution is -2.49. The van der Waals surface area contributed by atoms with Crippen LogP contribution < -0.4 is 5.32 Å². The number of aliphatic hydroxyl groups excluding tert-OH is 1. The third-order valence-electron chi connectivity index (χ3n) is 3.32. The molecule has 0 spiro atoms. The highest BCUT2D eigenvalue weighted by molar-refractivity contribution is 9.11. The molecule has 1 saturated carbocycles. The van der Waals surface area contributed by atoms with Crippen LogP contribution in [-0.4, -0.2) is 23.2 Å². The van der Waals surface area contributed by atoms with Crippen LogP contribution in [0.1, 0.15) is 40.9 Å². The highest BCUT2D eigenvalue weighted by Crippen LogP contribution is 2.31. The molecular weight excluding hydrogens is 302 g/mol. The third-order valence-corrected chi connectivity index (χ3v) is 5.46. The summed E-state index contributed by atoms with van der Waals surface area (Å²) in [4.78, 5) is 12.8. The van der Waals surface area contributed by atoms with Gasteiger partial charge in [0, 0.05) is 0 Å². The quantitative estimate of drug-likeness (QED) is 0.900. The van der Waals surface area contributed by atoms with Crippen LogP contribution >= 0.6 is 27.3 Å². The van der Waals surface area contributed by atoms with Gasteiger partial charge in [0.25, 0.3) is 5.91 Å². The van der Waals surface area contributed by atoms with Crippen LogP contribution in [0.5, 0.6) is 0 Å². The Hall–Kier alpha value is -0.390. The van der Waals surface area contributed by atoms with Gasteiger partial charge in [-0.05, 0) is 47.3 Å². The number of aliphatic hydroxyl groups is 1. The molecule has 1 heterocycles. The van der Waals surface area contributed by atoms with E-state index in [4.69, 9.17) is 0 Å². The highest BCUT2D eigenvalue weighted by Gasteiger charge is 2.35. The number of amides is 1. The van der Waals surface area contributed by atoms with Crippen LogP contribution in [0.15, 0.2) is 9.85 Å². The van der Waals surface area contributed by atoms with Crippen molar-refractivity contribution in [3.63, 3.8) is 0 Å². The van der Waals surface area contributed by atoms with Crippen LogP contribution in [0.25, 0.3) is 0 Å². The Kier molecular flexibility index (Phi) is 3.90. The summed E-state index contributed by atoms with van der Waals surface area (Å²) in [6, 6.07) is 1.88. The van der Waals surface area contributed by atoms with Crippen molar-refractivity contribution in [3.05, 3.63) is 20.3 Å². The van der Waals surface area contributed by atoms with Crippen molar-refractivity contribution in [2.24, 2.45) is 0 Å². The molecule has 1 aliphatic carbocycles. The molecule has 0 aliphatic heterocycles. The smallest absolute Gasteiger partial charge is 0.261 e. The SMILES string of the molecule is Cc1cc(C(=O)NC2(CO)CCCC2)sc1Br. The van der Waals surface area contributed by atoms with Gasteiger partial charge in [-0.3, -0.25) is 4.79 Å². The normalized spacial score (nSPS) is 18.3. The first-order valence-electron chi connectivity index (χ1n) is 5.76. The molecule has 5 heteroatoms. The molecule has 0 aromatic carbocycles. The van der Waals surface area contributed by atoms with E-state index in [-0.39, 0.29) is 18.1 Å². The molecule has 1 aromatic rings. The first-order chi connectivity index (χ1) is 8.06. The maximum absolute atomic E-state index is 12.1. The van der Waals surface area contributed by atoms with E-state index in [1.165, 1.54) is 11.3 Å². The molecule has 1 aromatic heterocycles. The van der Waals surface area contributed by atoms with E-state index in [1.54, 1.807) is 0 Å². The number of halogens is 1. The Bertz CT molecular complexity index is 405. The topological polar surface area (TPSA) is 49.3 Å². The van der Waals surface area contributed by atoms with Crippen molar-refractivity contribution >= 4 is 33.2 Å². The van der Waals surface area contributed by atoms with Gasteiger partial charge in [-0.1, -0.05) is 12.8 Å². The third kappa shape index (κ3) is 2.72. The van der Waals surface area contributed by atoms with Gasteiger partial charge in [-0.15, -0.1) is 11.3 Å². The predicted molar refractivity (Wildman–Crippen MR) is 72.5 cm³/mol. The average Bonchev–Trinajstić information content (AvgIpc) is 2.88. The summed E-state index contributed by atoms with van der Waals surface area (Å²) in [6.45, 7) is 2.00. The largest absolute Gasteiger partial charge is 0.394 e. The zero-order valence-electron chi connectivity index (χ0n) is 9.75. The fourth-order valence-corrected chi connectivity index (χ4v) is 3.68. The Labute approximate surface area is 113 Å². The van der Waals surface area contributed by atoms with E-state index in [1.807, 2.05) is 13.0 Å². The molecule has 0 radical (unpaired) electrons. The molecular formula is C12H16BrNO2S. The molecule has 17 heavy (non-hydrogen) atoms. The minimum absolute atomic E-state index is 0.0320. The van der Waals surface area contributed by atoms with Crippen molar-refractivity contribution in [2.45, 2.75) is 38.1 Å². The average molecular weight is 318 g/mol. The van der Waals surface area contributed by atoms with Crippen LogP contribution in [0.4, 0.5) is 0 Å². The summed E-state index contributed by atoms with van der Waals surface area (Å²) in [5.74, 6) is -0.0697. The van der Waals surface area contributed by atoms with E-state index in [0.29, 0.717) is 4.88 Å². The van der Waals surface area contributed by atoms with Crippen molar-refractivity contribution < 1.29 is 9.90 Å². The molecule has 0 unspecified atom stereocenters. The maximum Gasteiger partial charge on any atom is 0.261 e. The van der Waals surface area contributed by atoms with Crippen molar-refractivity contribution in [2.75, 3.05) is 6.61 Å². The summed E-state index contributed by atoms with van der Waals surface area (Å²) in [5, 5.41) is 12.5. The highest BCUT2D eigenvalue weighted by atomic mass is 79.9. The van der Waals surface area contributed by atoms with Crippen molar-refractivity contribution in [3.8, 4) is 0 Å². The van der Waals surface area contributed by atoms with Crippen LogP contribution in [0.3, 0.4) is 0 Å². The monoisotopic (exact) mass is 317 g/mol. The standard InChI is InChI=1S/C12H16BrNO2S/c1-8-6-9(17-10(8)13)11(16)14-12(7-15)4-2-3-5-12/h6,15H,2-5,7H2,1H3,(H,14,16). The predicted octanol–water partition coefficient (Wildman–Crippen LogP) is 2.85. The first kappa shape index (κ1) is 13.1. The molecule has 0 saturated heterocycles. The number of rotatable bonds is 3. The minimum Gasteiger partial charge on any atom is -0.394 e. The van der Waals surface area contributed by atoms with Crippen LogP contribution in [-0.2, 0) is 0 Å². The number of carbonyl (C=O) groups is 1. The Morgan fingerprint density at radius 1 is 1.59 bits per heavy atom. The number of carbonyl (C=O) groups excluding carboxylic acids is 1. The van der Waals surface area contributed by atoms with Gasteiger partial charge in [-0.2, -0.15) is 0 Å². The van der Waals surface area contributed by atoms with Gasteiger partial charge in [0.2, 0.25) is 0 Å². The summed E-state index contributed by atoms with van der Waals surface area (Å²) < 4.78 is 0.993.